The summed E-state index contributed by atoms with van der Waals surface area (Å²) in [6, 6.07) is 18.5. The molecule has 0 aliphatic heterocycles. The summed E-state index contributed by atoms with van der Waals surface area (Å²) in [4.78, 5) is 18.1. The molecule has 2 aromatic carbocycles. The molecule has 0 saturated heterocycles. The lowest BCUT2D eigenvalue weighted by molar-refractivity contribution is 0.300. The summed E-state index contributed by atoms with van der Waals surface area (Å²) in [5.41, 5.74) is 2.65. The molecule has 0 spiro atoms. The number of aromatic nitrogens is 1. The van der Waals surface area contributed by atoms with Gasteiger partial charge < -0.3 is 19.9 Å². The molecule has 6 heteroatoms. The topological polar surface area (TPSA) is 57.4 Å². The lowest BCUT2D eigenvalue weighted by Gasteiger charge is -2.33. The smallest absolute Gasteiger partial charge is 0.253 e. The molecule has 1 aromatic heterocycles. The van der Waals surface area contributed by atoms with Crippen LogP contribution < -0.4 is 15.6 Å². The molecule has 4 rings (SSSR count). The summed E-state index contributed by atoms with van der Waals surface area (Å²) >= 11 is 5.86. The second kappa shape index (κ2) is 10.2. The van der Waals surface area contributed by atoms with Gasteiger partial charge in [0.2, 0.25) is 0 Å². The molecule has 0 amide bonds. The first-order valence-corrected chi connectivity index (χ1v) is 11.9. The number of benzene rings is 2. The molecule has 2 N–H and O–H groups in total. The maximum absolute atomic E-state index is 12.9. The van der Waals surface area contributed by atoms with Crippen LogP contribution >= 0.6 is 12.2 Å². The number of pyridine rings is 1. The van der Waals surface area contributed by atoms with Crippen molar-refractivity contribution in [3.63, 3.8) is 0 Å². The van der Waals surface area contributed by atoms with E-state index in [9.17, 15) is 4.79 Å². The van der Waals surface area contributed by atoms with E-state index < -0.39 is 0 Å². The molecule has 168 valence electrons. The Hall–Kier alpha value is -2.86. The number of rotatable bonds is 7. The highest BCUT2D eigenvalue weighted by Gasteiger charge is 2.26. The lowest BCUT2D eigenvalue weighted by Crippen LogP contribution is -2.46. The molecule has 1 atom stereocenters. The number of hydrogen-bond acceptors (Lipinski definition) is 3. The van der Waals surface area contributed by atoms with Crippen molar-refractivity contribution in [3.05, 3.63) is 76.1 Å². The number of nitrogens with zero attached hydrogens (tertiary/aromatic N) is 1. The standard InChI is InChI=1S/C26H31N3O2S/c1-3-31-23-13-14-24-20(16-23)15-21(25(30)28-24)17-29(22-11-7-8-12-22)26(32)27-18(2)19-9-5-4-6-10-19/h4-6,9-10,13-16,18,22H,3,7-8,11-12,17H2,1-2H3,(H,27,32)(H,28,30)/t18-/m0/s1. The van der Waals surface area contributed by atoms with Crippen LogP contribution in [0.25, 0.3) is 10.9 Å². The van der Waals surface area contributed by atoms with Gasteiger partial charge >= 0.3 is 0 Å². The van der Waals surface area contributed by atoms with Crippen molar-refractivity contribution in [3.8, 4) is 5.75 Å². The maximum atomic E-state index is 12.9. The number of aromatic amines is 1. The number of nitrogens with one attached hydrogen (secondary N) is 2. The molecule has 1 heterocycles. The average Bonchev–Trinajstić information content (AvgIpc) is 3.33. The van der Waals surface area contributed by atoms with Crippen molar-refractivity contribution >= 4 is 28.2 Å². The van der Waals surface area contributed by atoms with Gasteiger partial charge in [-0.15, -0.1) is 0 Å². The fourth-order valence-corrected chi connectivity index (χ4v) is 4.85. The van der Waals surface area contributed by atoms with E-state index in [1.165, 1.54) is 18.4 Å². The first-order valence-electron chi connectivity index (χ1n) is 11.5. The van der Waals surface area contributed by atoms with Gasteiger partial charge in [-0.25, -0.2) is 0 Å². The van der Waals surface area contributed by atoms with Gasteiger partial charge in [0.15, 0.2) is 5.11 Å². The highest BCUT2D eigenvalue weighted by molar-refractivity contribution is 7.80. The fraction of sp³-hybridized carbons (Fsp3) is 0.385. The predicted octanol–water partition coefficient (Wildman–Crippen LogP) is 5.31. The van der Waals surface area contributed by atoms with Crippen LogP contribution in [0.2, 0.25) is 0 Å². The Kier molecular flexibility index (Phi) is 7.10. The van der Waals surface area contributed by atoms with E-state index in [-0.39, 0.29) is 11.6 Å². The van der Waals surface area contributed by atoms with E-state index in [4.69, 9.17) is 17.0 Å². The van der Waals surface area contributed by atoms with Crippen LogP contribution in [0.4, 0.5) is 0 Å². The minimum atomic E-state index is -0.0661. The summed E-state index contributed by atoms with van der Waals surface area (Å²) < 4.78 is 5.64. The van der Waals surface area contributed by atoms with Crippen molar-refractivity contribution in [2.24, 2.45) is 0 Å². The van der Waals surface area contributed by atoms with E-state index in [0.29, 0.717) is 24.3 Å². The van der Waals surface area contributed by atoms with Crippen molar-refractivity contribution in [1.29, 1.82) is 0 Å². The van der Waals surface area contributed by atoms with Gasteiger partial charge in [0.05, 0.1) is 19.2 Å². The maximum Gasteiger partial charge on any atom is 0.253 e. The van der Waals surface area contributed by atoms with Crippen LogP contribution in [-0.4, -0.2) is 27.6 Å². The Bertz CT molecular complexity index is 1120. The summed E-state index contributed by atoms with van der Waals surface area (Å²) in [7, 11) is 0. The van der Waals surface area contributed by atoms with Crippen LogP contribution in [0.3, 0.4) is 0 Å². The molecule has 1 fully saturated rings. The summed E-state index contributed by atoms with van der Waals surface area (Å²) in [5.74, 6) is 0.805. The van der Waals surface area contributed by atoms with E-state index in [0.717, 1.165) is 35.1 Å². The number of ether oxygens (including phenoxy) is 1. The van der Waals surface area contributed by atoms with Crippen molar-refractivity contribution in [2.45, 2.75) is 58.2 Å². The SMILES string of the molecule is CCOc1ccc2[nH]c(=O)c(CN(C(=S)N[C@@H](C)c3ccccc3)C3CCCC3)cc2c1. The third-order valence-corrected chi connectivity index (χ3v) is 6.56. The van der Waals surface area contributed by atoms with Crippen LogP contribution in [0.15, 0.2) is 59.4 Å². The number of fused-ring (bicyclic) bond motifs is 1. The van der Waals surface area contributed by atoms with E-state index in [2.05, 4.69) is 34.3 Å². The molecule has 1 aliphatic rings. The lowest BCUT2D eigenvalue weighted by atomic mass is 10.1. The van der Waals surface area contributed by atoms with Gasteiger partial charge in [-0.05, 0) is 68.7 Å². The summed E-state index contributed by atoms with van der Waals surface area (Å²) in [6.07, 6.45) is 4.59. The molecule has 0 unspecified atom stereocenters. The van der Waals surface area contributed by atoms with Crippen molar-refractivity contribution in [2.75, 3.05) is 6.61 Å². The van der Waals surface area contributed by atoms with Crippen LogP contribution in [0, 0.1) is 0 Å². The fourth-order valence-electron chi connectivity index (χ4n) is 4.46. The quantitative estimate of drug-likeness (QED) is 0.479. The molecule has 5 nitrogen and oxygen atoms in total. The van der Waals surface area contributed by atoms with E-state index >= 15 is 0 Å². The Morgan fingerprint density at radius 2 is 1.94 bits per heavy atom. The molecule has 0 bridgehead atoms. The van der Waals surface area contributed by atoms with Crippen LogP contribution in [0.1, 0.15) is 56.7 Å². The van der Waals surface area contributed by atoms with Gasteiger partial charge in [0, 0.05) is 22.5 Å². The molecule has 32 heavy (non-hydrogen) atoms. The molecular weight excluding hydrogens is 418 g/mol. The first-order chi connectivity index (χ1) is 15.5. The third kappa shape index (κ3) is 5.13. The molecule has 1 saturated carbocycles. The monoisotopic (exact) mass is 449 g/mol. The Labute approximate surface area is 194 Å². The summed E-state index contributed by atoms with van der Waals surface area (Å²) in [6.45, 7) is 5.18. The number of hydrogen-bond donors (Lipinski definition) is 2. The van der Waals surface area contributed by atoms with Gasteiger partial charge in [-0.1, -0.05) is 43.2 Å². The zero-order chi connectivity index (χ0) is 22.5. The number of H-pyrrole nitrogens is 1. The third-order valence-electron chi connectivity index (χ3n) is 6.21. The first kappa shape index (κ1) is 22.3. The van der Waals surface area contributed by atoms with E-state index in [1.807, 2.05) is 49.4 Å². The van der Waals surface area contributed by atoms with Gasteiger partial charge in [0.25, 0.3) is 5.56 Å². The zero-order valence-electron chi connectivity index (χ0n) is 18.8. The molecule has 0 radical (unpaired) electrons. The summed E-state index contributed by atoms with van der Waals surface area (Å²) in [5, 5.41) is 5.17. The minimum absolute atomic E-state index is 0.0661. The largest absolute Gasteiger partial charge is 0.494 e. The molecule has 3 aromatic rings. The zero-order valence-corrected chi connectivity index (χ0v) is 19.6. The number of thiocarbonyl (C=S) groups is 1. The second-order valence-electron chi connectivity index (χ2n) is 8.45. The average molecular weight is 450 g/mol. The Morgan fingerprint density at radius 1 is 1.19 bits per heavy atom. The van der Waals surface area contributed by atoms with Gasteiger partial charge in [-0.2, -0.15) is 0 Å². The van der Waals surface area contributed by atoms with Crippen LogP contribution in [0.5, 0.6) is 5.75 Å². The highest BCUT2D eigenvalue weighted by atomic mass is 32.1. The molecule has 1 aliphatic carbocycles. The normalized spacial score (nSPS) is 14.9. The van der Waals surface area contributed by atoms with Gasteiger partial charge in [0.1, 0.15) is 5.75 Å². The van der Waals surface area contributed by atoms with Gasteiger partial charge in [-0.3, -0.25) is 4.79 Å². The van der Waals surface area contributed by atoms with Crippen LogP contribution in [-0.2, 0) is 6.54 Å². The minimum Gasteiger partial charge on any atom is -0.494 e. The second-order valence-corrected chi connectivity index (χ2v) is 8.84. The molecular formula is C26H31N3O2S. The van der Waals surface area contributed by atoms with Crippen molar-refractivity contribution in [1.82, 2.24) is 15.2 Å². The van der Waals surface area contributed by atoms with E-state index in [1.54, 1.807) is 0 Å². The Morgan fingerprint density at radius 3 is 2.66 bits per heavy atom. The Balaban J connectivity index is 1.59. The van der Waals surface area contributed by atoms with Crippen molar-refractivity contribution < 1.29 is 4.74 Å². The highest BCUT2D eigenvalue weighted by Crippen LogP contribution is 2.26. The predicted molar refractivity (Wildman–Crippen MR) is 134 cm³/mol.